The number of pyridine rings is 1. The van der Waals surface area contributed by atoms with Crippen molar-refractivity contribution >= 4 is 28.5 Å². The number of hydrogen-bond donors (Lipinski definition) is 3. The van der Waals surface area contributed by atoms with Crippen LogP contribution in [-0.4, -0.2) is 27.8 Å². The topological polar surface area (TPSA) is 73.3 Å². The Morgan fingerprint density at radius 2 is 2.03 bits per heavy atom. The molecule has 0 saturated carbocycles. The lowest BCUT2D eigenvalue weighted by molar-refractivity contribution is 0.457. The van der Waals surface area contributed by atoms with Crippen LogP contribution in [0.5, 0.6) is 5.88 Å². The van der Waals surface area contributed by atoms with Gasteiger partial charge in [-0.2, -0.15) is 0 Å². The van der Waals surface area contributed by atoms with Crippen LogP contribution in [0, 0.1) is 11.6 Å². The lowest BCUT2D eigenvalue weighted by Crippen LogP contribution is -2.06. The summed E-state index contributed by atoms with van der Waals surface area (Å²) >= 11 is 0. The van der Waals surface area contributed by atoms with Crippen molar-refractivity contribution in [1.82, 2.24) is 9.97 Å². The highest BCUT2D eigenvalue weighted by Crippen LogP contribution is 2.27. The molecule has 0 aliphatic heterocycles. The Morgan fingerprint density at radius 1 is 1.14 bits per heavy atom. The maximum absolute atomic E-state index is 14.4. The number of halogens is 2. The summed E-state index contributed by atoms with van der Waals surface area (Å²) in [6.07, 6.45) is 5.65. The first kappa shape index (κ1) is 18.6. The number of rotatable bonds is 6. The third-order valence-electron chi connectivity index (χ3n) is 4.53. The van der Waals surface area contributed by atoms with Gasteiger partial charge in [-0.1, -0.05) is 6.07 Å². The summed E-state index contributed by atoms with van der Waals surface area (Å²) in [5.41, 5.74) is 2.73. The fourth-order valence-electron chi connectivity index (χ4n) is 3.06. The molecule has 0 bridgehead atoms. The molecule has 5 nitrogen and oxygen atoms in total. The van der Waals surface area contributed by atoms with Crippen molar-refractivity contribution in [2.24, 2.45) is 4.99 Å². The first-order valence-corrected chi connectivity index (χ1v) is 9.07. The Bertz CT molecular complexity index is 1170. The average molecular weight is 392 g/mol. The van der Waals surface area contributed by atoms with Crippen molar-refractivity contribution in [3.8, 4) is 5.88 Å². The third kappa shape index (κ3) is 4.24. The number of nitrogens with one attached hydrogen (secondary N) is 2. The van der Waals surface area contributed by atoms with Crippen LogP contribution < -0.4 is 5.32 Å². The second-order valence-electron chi connectivity index (χ2n) is 6.54. The molecule has 146 valence electrons. The highest BCUT2D eigenvalue weighted by molar-refractivity contribution is 6.02. The second-order valence-corrected chi connectivity index (χ2v) is 6.54. The van der Waals surface area contributed by atoms with E-state index in [1.807, 2.05) is 12.1 Å². The van der Waals surface area contributed by atoms with Gasteiger partial charge in [0.2, 0.25) is 0 Å². The predicted octanol–water partition coefficient (Wildman–Crippen LogP) is 4.95. The van der Waals surface area contributed by atoms with Crippen molar-refractivity contribution in [3.05, 3.63) is 83.7 Å². The molecule has 2 aromatic heterocycles. The molecule has 0 fully saturated rings. The quantitative estimate of drug-likeness (QED) is 0.407. The molecule has 29 heavy (non-hydrogen) atoms. The summed E-state index contributed by atoms with van der Waals surface area (Å²) in [6.45, 7) is 0.574. The monoisotopic (exact) mass is 392 g/mol. The van der Waals surface area contributed by atoms with Crippen molar-refractivity contribution < 1.29 is 13.9 Å². The zero-order chi connectivity index (χ0) is 20.2. The van der Waals surface area contributed by atoms with Crippen molar-refractivity contribution in [2.75, 3.05) is 11.9 Å². The van der Waals surface area contributed by atoms with Crippen LogP contribution >= 0.6 is 0 Å². The van der Waals surface area contributed by atoms with Gasteiger partial charge in [0.05, 0.1) is 22.5 Å². The Morgan fingerprint density at radius 3 is 2.83 bits per heavy atom. The lowest BCUT2D eigenvalue weighted by atomic mass is 10.2. The van der Waals surface area contributed by atoms with Crippen LogP contribution in [0.15, 0.2) is 65.9 Å². The van der Waals surface area contributed by atoms with Crippen LogP contribution in [0.4, 0.5) is 20.2 Å². The lowest BCUT2D eigenvalue weighted by Gasteiger charge is -2.08. The molecule has 0 unspecified atom stereocenters. The van der Waals surface area contributed by atoms with Gasteiger partial charge in [0.25, 0.3) is 0 Å². The zero-order valence-electron chi connectivity index (χ0n) is 15.4. The van der Waals surface area contributed by atoms with Gasteiger partial charge in [-0.25, -0.2) is 8.78 Å². The van der Waals surface area contributed by atoms with Crippen LogP contribution in [-0.2, 0) is 6.42 Å². The average Bonchev–Trinajstić information content (AvgIpc) is 3.02. The second kappa shape index (κ2) is 8.10. The normalized spacial score (nSPS) is 11.4. The van der Waals surface area contributed by atoms with E-state index in [0.29, 0.717) is 34.4 Å². The van der Waals surface area contributed by atoms with E-state index in [2.05, 4.69) is 20.3 Å². The van der Waals surface area contributed by atoms with Gasteiger partial charge in [0.1, 0.15) is 11.6 Å². The molecule has 0 radical (unpaired) electrons. The Balaban J connectivity index is 1.46. The number of aromatic hydroxyl groups is 1. The van der Waals surface area contributed by atoms with E-state index in [1.54, 1.807) is 30.6 Å². The molecule has 4 aromatic rings. The van der Waals surface area contributed by atoms with E-state index in [4.69, 9.17) is 0 Å². The van der Waals surface area contributed by atoms with Crippen molar-refractivity contribution in [1.29, 1.82) is 0 Å². The summed E-state index contributed by atoms with van der Waals surface area (Å²) in [5, 5.41) is 13.7. The zero-order valence-corrected chi connectivity index (χ0v) is 15.4. The summed E-state index contributed by atoms with van der Waals surface area (Å²) in [7, 11) is 0. The SMILES string of the molecule is Oc1[nH]c2cc(F)ccc2c1C=Nc1ccc(NCCc2cccnc2)c(F)c1. The number of fused-ring (bicyclic) bond motifs is 1. The van der Waals surface area contributed by atoms with Gasteiger partial charge in [-0.15, -0.1) is 0 Å². The summed E-state index contributed by atoms with van der Waals surface area (Å²) in [6, 6.07) is 12.6. The highest BCUT2D eigenvalue weighted by Gasteiger charge is 2.10. The van der Waals surface area contributed by atoms with Gasteiger partial charge >= 0.3 is 0 Å². The number of aliphatic imine (C=N–C) groups is 1. The number of anilines is 1. The van der Waals surface area contributed by atoms with E-state index in [9.17, 15) is 13.9 Å². The van der Waals surface area contributed by atoms with Gasteiger partial charge in [0.15, 0.2) is 5.88 Å². The number of benzene rings is 2. The van der Waals surface area contributed by atoms with Gasteiger partial charge in [0, 0.05) is 36.6 Å². The maximum atomic E-state index is 14.4. The first-order valence-electron chi connectivity index (χ1n) is 9.07. The van der Waals surface area contributed by atoms with E-state index in [0.717, 1.165) is 12.0 Å². The van der Waals surface area contributed by atoms with Crippen LogP contribution in [0.3, 0.4) is 0 Å². The summed E-state index contributed by atoms with van der Waals surface area (Å²) in [4.78, 5) is 11.0. The van der Waals surface area contributed by atoms with Gasteiger partial charge in [-0.3, -0.25) is 9.98 Å². The first-order chi connectivity index (χ1) is 14.1. The third-order valence-corrected chi connectivity index (χ3v) is 4.53. The molecule has 2 heterocycles. The number of nitrogens with zero attached hydrogens (tertiary/aromatic N) is 2. The number of aromatic nitrogens is 2. The molecule has 0 saturated heterocycles. The molecule has 0 aliphatic carbocycles. The highest BCUT2D eigenvalue weighted by atomic mass is 19.1. The van der Waals surface area contributed by atoms with E-state index in [1.165, 1.54) is 24.4 Å². The Kier molecular flexibility index (Phi) is 5.20. The molecule has 2 aromatic carbocycles. The molecule has 0 amide bonds. The Labute approximate surface area is 165 Å². The van der Waals surface area contributed by atoms with Gasteiger partial charge < -0.3 is 15.4 Å². The minimum Gasteiger partial charge on any atom is -0.494 e. The largest absolute Gasteiger partial charge is 0.494 e. The molecular weight excluding hydrogens is 374 g/mol. The van der Waals surface area contributed by atoms with Crippen molar-refractivity contribution in [2.45, 2.75) is 6.42 Å². The van der Waals surface area contributed by atoms with Crippen molar-refractivity contribution in [3.63, 3.8) is 0 Å². The minimum absolute atomic E-state index is 0.122. The Hall–Kier alpha value is -3.74. The van der Waals surface area contributed by atoms with Crippen LogP contribution in [0.2, 0.25) is 0 Å². The molecular formula is C22H18F2N4O. The standard InChI is InChI=1S/C22H18F2N4O/c23-15-3-5-17-18(22(29)28-21(17)10-15)13-27-16-4-6-20(19(24)11-16)26-9-7-14-2-1-8-25-12-14/h1-6,8,10-13,26,28-29H,7,9H2. The number of H-pyrrole nitrogens is 1. The molecule has 3 N–H and O–H groups in total. The molecule has 7 heteroatoms. The fourth-order valence-corrected chi connectivity index (χ4v) is 3.06. The van der Waals surface area contributed by atoms with E-state index >= 15 is 0 Å². The minimum atomic E-state index is -0.420. The predicted molar refractivity (Wildman–Crippen MR) is 110 cm³/mol. The molecule has 0 atom stereocenters. The van der Waals surface area contributed by atoms with E-state index in [-0.39, 0.29) is 5.88 Å². The number of aromatic amines is 1. The summed E-state index contributed by atoms with van der Waals surface area (Å²) < 4.78 is 27.7. The van der Waals surface area contributed by atoms with Gasteiger partial charge in [-0.05, 0) is 48.4 Å². The number of hydrogen-bond acceptors (Lipinski definition) is 4. The smallest absolute Gasteiger partial charge is 0.198 e. The molecule has 0 aliphatic rings. The van der Waals surface area contributed by atoms with E-state index < -0.39 is 11.6 Å². The summed E-state index contributed by atoms with van der Waals surface area (Å²) in [5.74, 6) is -0.949. The fraction of sp³-hybridized carbons (Fsp3) is 0.0909. The van der Waals surface area contributed by atoms with Crippen LogP contribution in [0.25, 0.3) is 10.9 Å². The van der Waals surface area contributed by atoms with Crippen LogP contribution in [0.1, 0.15) is 11.1 Å². The maximum Gasteiger partial charge on any atom is 0.198 e. The molecule has 0 spiro atoms. The molecule has 4 rings (SSSR count).